The number of carbonyl (C=O) groups is 1. The number of carbonyl (C=O) groups excluding carboxylic acids is 1. The average Bonchev–Trinajstić information content (AvgIpc) is 2.09. The first-order valence-electron chi connectivity index (χ1n) is 5.82. The maximum Gasteiger partial charge on any atom is 0.216 e. The zero-order valence-corrected chi connectivity index (χ0v) is 11.6. The van der Waals surface area contributed by atoms with E-state index in [1.54, 1.807) is 0 Å². The number of β-lactam (4-membered cyclic amide) rings is 1. The Bertz CT molecular complexity index is 260. The molecule has 0 N–H and O–H groups in total. The van der Waals surface area contributed by atoms with Crippen LogP contribution in [0.25, 0.3) is 0 Å². The minimum absolute atomic E-state index is 0.249. The van der Waals surface area contributed by atoms with Gasteiger partial charge in [-0.15, -0.1) is 6.58 Å². The van der Waals surface area contributed by atoms with E-state index in [9.17, 15) is 4.79 Å². The van der Waals surface area contributed by atoms with Gasteiger partial charge in [0, 0.05) is 12.5 Å². The molecule has 15 heavy (non-hydrogen) atoms. The summed E-state index contributed by atoms with van der Waals surface area (Å²) in [7, 11) is -0.969. The summed E-state index contributed by atoms with van der Waals surface area (Å²) >= 11 is 0. The average molecular weight is 225 g/mol. The van der Waals surface area contributed by atoms with Gasteiger partial charge in [0.25, 0.3) is 0 Å². The van der Waals surface area contributed by atoms with E-state index in [1.807, 2.05) is 6.08 Å². The fourth-order valence-corrected chi connectivity index (χ4v) is 4.28. The highest BCUT2D eigenvalue weighted by Crippen LogP contribution is 2.39. The topological polar surface area (TPSA) is 20.3 Å². The van der Waals surface area contributed by atoms with Crippen LogP contribution in [0.15, 0.2) is 12.7 Å². The second kappa shape index (κ2) is 4.52. The van der Waals surface area contributed by atoms with Gasteiger partial charge in [-0.3, -0.25) is 4.79 Å². The Kier molecular flexibility index (Phi) is 3.76. The van der Waals surface area contributed by atoms with Gasteiger partial charge in [-0.25, -0.2) is 0 Å². The van der Waals surface area contributed by atoms with Crippen LogP contribution in [0.5, 0.6) is 0 Å². The van der Waals surface area contributed by atoms with Crippen molar-refractivity contribution in [1.29, 1.82) is 0 Å². The van der Waals surface area contributed by atoms with E-state index in [2.05, 4.69) is 38.1 Å². The highest BCUT2D eigenvalue weighted by molar-refractivity contribution is 6.56. The molecule has 1 heterocycles. The molecule has 1 amide bonds. The fraction of sp³-hybridized carbons (Fsp3) is 0.750. The maximum atomic E-state index is 11.5. The summed E-state index contributed by atoms with van der Waals surface area (Å²) in [5, 5.41) is 0. The third kappa shape index (κ3) is 2.51. The van der Waals surface area contributed by atoms with Crippen molar-refractivity contribution in [3.05, 3.63) is 12.7 Å². The molecule has 1 aliphatic rings. The molecular weight excluding hydrogens is 202 g/mol. The smallest absolute Gasteiger partial charge is 0.216 e. The van der Waals surface area contributed by atoms with Crippen molar-refractivity contribution in [3.8, 4) is 0 Å². The van der Waals surface area contributed by atoms with Crippen molar-refractivity contribution in [3.63, 3.8) is 0 Å². The molecule has 3 heteroatoms. The Morgan fingerprint density at radius 1 is 1.60 bits per heavy atom. The van der Waals surface area contributed by atoms with Gasteiger partial charge in [-0.1, -0.05) is 33.0 Å². The van der Waals surface area contributed by atoms with Crippen molar-refractivity contribution in [2.45, 2.75) is 52.2 Å². The van der Waals surface area contributed by atoms with E-state index in [4.69, 9.17) is 0 Å². The summed E-state index contributed by atoms with van der Waals surface area (Å²) < 4.78 is 2.17. The molecule has 0 spiro atoms. The molecule has 1 atom stereocenters. The molecule has 0 bridgehead atoms. The Morgan fingerprint density at radius 2 is 2.20 bits per heavy atom. The second-order valence-electron chi connectivity index (χ2n) is 5.43. The first-order chi connectivity index (χ1) is 6.90. The van der Waals surface area contributed by atoms with Crippen molar-refractivity contribution in [2.75, 3.05) is 0 Å². The lowest BCUT2D eigenvalue weighted by atomic mass is 9.75. The van der Waals surface area contributed by atoms with E-state index >= 15 is 0 Å². The number of rotatable bonds is 5. The Balaban J connectivity index is 2.63. The van der Waals surface area contributed by atoms with Gasteiger partial charge >= 0.3 is 0 Å². The molecule has 0 radical (unpaired) electrons. The summed E-state index contributed by atoms with van der Waals surface area (Å²) in [5.41, 5.74) is 0.249. The third-order valence-electron chi connectivity index (χ3n) is 3.44. The summed E-state index contributed by atoms with van der Waals surface area (Å²) in [6.45, 7) is 12.8. The van der Waals surface area contributed by atoms with Gasteiger partial charge in [0.2, 0.25) is 5.91 Å². The fourth-order valence-electron chi connectivity index (χ4n) is 2.37. The predicted molar refractivity (Wildman–Crippen MR) is 67.3 cm³/mol. The standard InChI is InChI=1S/C12H23NOSi/c1-6-7-8-12(2,3)10-9-11(14)13(10)15(4)5/h6,10,15H,1,7-9H2,2-5H3. The summed E-state index contributed by atoms with van der Waals surface area (Å²) in [4.78, 5) is 11.5. The predicted octanol–water partition coefficient (Wildman–Crippen LogP) is 2.56. The van der Waals surface area contributed by atoms with Crippen LogP contribution in [0.4, 0.5) is 0 Å². The Hall–Kier alpha value is -0.573. The molecule has 1 fully saturated rings. The molecule has 0 aromatic carbocycles. The van der Waals surface area contributed by atoms with E-state index in [0.29, 0.717) is 11.9 Å². The largest absolute Gasteiger partial charge is 0.369 e. The van der Waals surface area contributed by atoms with Crippen LogP contribution in [0.1, 0.15) is 33.1 Å². The van der Waals surface area contributed by atoms with Crippen molar-refractivity contribution in [2.24, 2.45) is 5.41 Å². The summed E-state index contributed by atoms with van der Waals surface area (Å²) in [6, 6.07) is 0.483. The van der Waals surface area contributed by atoms with Gasteiger partial charge in [0.05, 0.1) is 0 Å². The Morgan fingerprint density at radius 3 is 2.60 bits per heavy atom. The van der Waals surface area contributed by atoms with E-state index in [0.717, 1.165) is 19.3 Å². The van der Waals surface area contributed by atoms with Crippen LogP contribution >= 0.6 is 0 Å². The lowest BCUT2D eigenvalue weighted by Crippen LogP contribution is -2.63. The van der Waals surface area contributed by atoms with Crippen LogP contribution in [0, 0.1) is 5.41 Å². The van der Waals surface area contributed by atoms with E-state index in [-0.39, 0.29) is 5.41 Å². The molecule has 0 aromatic heterocycles. The normalized spacial score (nSPS) is 21.8. The van der Waals surface area contributed by atoms with Gasteiger partial charge in [0.15, 0.2) is 0 Å². The number of hydrogen-bond donors (Lipinski definition) is 0. The second-order valence-corrected chi connectivity index (χ2v) is 8.17. The Labute approximate surface area is 95.0 Å². The van der Waals surface area contributed by atoms with Crippen molar-refractivity contribution < 1.29 is 4.79 Å². The molecule has 0 aromatic rings. The molecule has 1 saturated heterocycles. The molecule has 86 valence electrons. The van der Waals surface area contributed by atoms with Crippen molar-refractivity contribution >= 4 is 14.9 Å². The third-order valence-corrected chi connectivity index (χ3v) is 5.20. The van der Waals surface area contributed by atoms with Crippen LogP contribution in [0.2, 0.25) is 13.1 Å². The minimum atomic E-state index is -0.969. The van der Waals surface area contributed by atoms with Crippen LogP contribution in [-0.2, 0) is 4.79 Å². The first kappa shape index (κ1) is 12.5. The molecule has 1 rings (SSSR count). The molecule has 1 unspecified atom stereocenters. The van der Waals surface area contributed by atoms with Gasteiger partial charge in [-0.2, -0.15) is 0 Å². The zero-order valence-electron chi connectivity index (χ0n) is 10.4. The highest BCUT2D eigenvalue weighted by atomic mass is 28.3. The van der Waals surface area contributed by atoms with Gasteiger partial charge in [0.1, 0.15) is 8.96 Å². The van der Waals surface area contributed by atoms with Gasteiger partial charge in [-0.05, 0) is 18.3 Å². The van der Waals surface area contributed by atoms with E-state index in [1.165, 1.54) is 0 Å². The first-order valence-corrected chi connectivity index (χ1v) is 8.65. The number of amides is 1. The molecule has 2 nitrogen and oxygen atoms in total. The van der Waals surface area contributed by atoms with E-state index < -0.39 is 8.96 Å². The molecule has 0 saturated carbocycles. The van der Waals surface area contributed by atoms with Crippen molar-refractivity contribution in [1.82, 2.24) is 4.57 Å². The number of nitrogens with zero attached hydrogens (tertiary/aromatic N) is 1. The zero-order chi connectivity index (χ0) is 11.6. The molecule has 1 aliphatic heterocycles. The SMILES string of the molecule is C=CCCC(C)(C)C1CC(=O)N1[SiH](C)C. The lowest BCUT2D eigenvalue weighted by Gasteiger charge is -2.51. The summed E-state index contributed by atoms with van der Waals surface area (Å²) in [5.74, 6) is 0.369. The van der Waals surface area contributed by atoms with Gasteiger partial charge < -0.3 is 4.57 Å². The molecular formula is C12H23NOSi. The maximum absolute atomic E-state index is 11.5. The highest BCUT2D eigenvalue weighted by Gasteiger charge is 2.45. The molecule has 0 aliphatic carbocycles. The summed E-state index contributed by atoms with van der Waals surface area (Å²) in [6.07, 6.45) is 4.91. The van der Waals surface area contributed by atoms with Crippen LogP contribution in [0.3, 0.4) is 0 Å². The number of hydrogen-bond acceptors (Lipinski definition) is 1. The monoisotopic (exact) mass is 225 g/mol. The minimum Gasteiger partial charge on any atom is -0.369 e. The number of allylic oxidation sites excluding steroid dienone is 1. The lowest BCUT2D eigenvalue weighted by molar-refractivity contribution is -0.143. The van der Waals surface area contributed by atoms with Crippen LogP contribution < -0.4 is 0 Å². The quantitative estimate of drug-likeness (QED) is 0.400. The van der Waals surface area contributed by atoms with Crippen LogP contribution in [-0.4, -0.2) is 25.5 Å².